The highest BCUT2D eigenvalue weighted by Gasteiger charge is 2.31. The van der Waals surface area contributed by atoms with E-state index in [0.29, 0.717) is 34.0 Å². The Kier molecular flexibility index (Phi) is 6.13. The van der Waals surface area contributed by atoms with E-state index >= 15 is 0 Å². The number of sulfonamides is 1. The van der Waals surface area contributed by atoms with Crippen LogP contribution in [-0.4, -0.2) is 43.9 Å². The molecule has 1 saturated heterocycles. The van der Waals surface area contributed by atoms with Crippen molar-refractivity contribution in [2.45, 2.75) is 4.90 Å². The van der Waals surface area contributed by atoms with Gasteiger partial charge in [0.15, 0.2) is 5.13 Å². The molecule has 0 aliphatic carbocycles. The maximum absolute atomic E-state index is 13.5. The summed E-state index contributed by atoms with van der Waals surface area (Å²) in [6.45, 7) is 1.44. The lowest BCUT2D eigenvalue weighted by Gasteiger charge is -2.33. The Labute approximate surface area is 190 Å². The van der Waals surface area contributed by atoms with Gasteiger partial charge in [0, 0.05) is 47.7 Å². The van der Waals surface area contributed by atoms with Gasteiger partial charge in [-0.2, -0.15) is 4.31 Å². The first-order valence-corrected chi connectivity index (χ1v) is 12.4. The monoisotopic (exact) mass is 533 g/mol. The van der Waals surface area contributed by atoms with Crippen LogP contribution in [0.4, 0.5) is 13.9 Å². The SMILES string of the molecule is O=S(=O)(c1ccc(Br)cc1Cl)N1CCN(c2nc(-c3cc(F)cc(F)c3)cs2)CC1. The Morgan fingerprint density at radius 3 is 2.33 bits per heavy atom. The lowest BCUT2D eigenvalue weighted by molar-refractivity contribution is 0.385. The number of piperazine rings is 1. The number of hydrogen-bond donors (Lipinski definition) is 0. The van der Waals surface area contributed by atoms with Crippen LogP contribution in [-0.2, 0) is 10.0 Å². The van der Waals surface area contributed by atoms with Crippen LogP contribution in [0.3, 0.4) is 0 Å². The summed E-state index contributed by atoms with van der Waals surface area (Å²) in [5, 5.41) is 2.57. The first-order chi connectivity index (χ1) is 14.2. The van der Waals surface area contributed by atoms with Crippen molar-refractivity contribution in [3.63, 3.8) is 0 Å². The van der Waals surface area contributed by atoms with E-state index in [4.69, 9.17) is 11.6 Å². The normalized spacial score (nSPS) is 15.5. The van der Waals surface area contributed by atoms with Gasteiger partial charge < -0.3 is 4.90 Å². The number of benzene rings is 2. The molecular formula is C19H15BrClF2N3O2S2. The van der Waals surface area contributed by atoms with Crippen LogP contribution in [0.5, 0.6) is 0 Å². The first-order valence-electron chi connectivity index (χ1n) is 8.86. The minimum absolute atomic E-state index is 0.0745. The zero-order valence-corrected chi connectivity index (χ0v) is 19.3. The molecular weight excluding hydrogens is 520 g/mol. The molecule has 1 aromatic heterocycles. The van der Waals surface area contributed by atoms with Gasteiger partial charge in [-0.25, -0.2) is 22.2 Å². The van der Waals surface area contributed by atoms with E-state index in [-0.39, 0.29) is 23.0 Å². The molecule has 0 atom stereocenters. The van der Waals surface area contributed by atoms with Crippen molar-refractivity contribution in [3.05, 3.63) is 62.9 Å². The second-order valence-corrected chi connectivity index (χ2v) is 10.7. The minimum Gasteiger partial charge on any atom is -0.345 e. The molecule has 1 aliphatic heterocycles. The third-order valence-corrected chi connectivity index (χ3v) is 8.45. The first kappa shape index (κ1) is 21.6. The van der Waals surface area contributed by atoms with Crippen LogP contribution in [0.2, 0.25) is 5.02 Å². The smallest absolute Gasteiger partial charge is 0.244 e. The number of thiazole rings is 1. The Morgan fingerprint density at radius 1 is 1.03 bits per heavy atom. The van der Waals surface area contributed by atoms with Crippen molar-refractivity contribution in [2.75, 3.05) is 31.1 Å². The molecule has 1 fully saturated rings. The van der Waals surface area contributed by atoms with Gasteiger partial charge in [-0.1, -0.05) is 27.5 Å². The van der Waals surface area contributed by atoms with Gasteiger partial charge in [-0.05, 0) is 30.3 Å². The fraction of sp³-hybridized carbons (Fsp3) is 0.211. The molecule has 0 N–H and O–H groups in total. The van der Waals surface area contributed by atoms with E-state index in [1.54, 1.807) is 17.5 Å². The van der Waals surface area contributed by atoms with Crippen LogP contribution in [0, 0.1) is 11.6 Å². The fourth-order valence-electron chi connectivity index (χ4n) is 3.19. The third kappa shape index (κ3) is 4.38. The van der Waals surface area contributed by atoms with Gasteiger partial charge in [0.25, 0.3) is 0 Å². The van der Waals surface area contributed by atoms with Crippen molar-refractivity contribution < 1.29 is 17.2 Å². The standard InChI is InChI=1S/C19H15BrClF2N3O2S2/c20-13-1-2-18(16(21)9-13)30(27,28)26-5-3-25(4-6-26)19-24-17(11-29-19)12-7-14(22)10-15(23)8-12/h1-2,7-11H,3-6H2. The topological polar surface area (TPSA) is 53.5 Å². The Morgan fingerprint density at radius 2 is 1.70 bits per heavy atom. The van der Waals surface area contributed by atoms with Gasteiger partial charge in [0.2, 0.25) is 10.0 Å². The minimum atomic E-state index is -3.71. The molecule has 2 aromatic carbocycles. The molecule has 0 unspecified atom stereocenters. The van der Waals surface area contributed by atoms with Crippen molar-refractivity contribution in [2.24, 2.45) is 0 Å². The lowest BCUT2D eigenvalue weighted by Crippen LogP contribution is -2.48. The van der Waals surface area contributed by atoms with Crippen LogP contribution in [0.1, 0.15) is 0 Å². The molecule has 2 heterocycles. The van der Waals surface area contributed by atoms with Gasteiger partial charge in [-0.15, -0.1) is 11.3 Å². The van der Waals surface area contributed by atoms with E-state index in [1.807, 2.05) is 4.90 Å². The molecule has 1 aliphatic rings. The van der Waals surface area contributed by atoms with Crippen molar-refractivity contribution in [3.8, 4) is 11.3 Å². The van der Waals surface area contributed by atoms with E-state index in [2.05, 4.69) is 20.9 Å². The number of nitrogens with zero attached hydrogens (tertiary/aromatic N) is 3. The van der Waals surface area contributed by atoms with Crippen LogP contribution >= 0.6 is 38.9 Å². The fourth-order valence-corrected chi connectivity index (χ4v) is 6.51. The molecule has 3 aromatic rings. The van der Waals surface area contributed by atoms with Crippen LogP contribution in [0.25, 0.3) is 11.3 Å². The molecule has 0 radical (unpaired) electrons. The number of anilines is 1. The summed E-state index contributed by atoms with van der Waals surface area (Å²) in [6.07, 6.45) is 0. The average molecular weight is 535 g/mol. The van der Waals surface area contributed by atoms with E-state index in [9.17, 15) is 17.2 Å². The second kappa shape index (κ2) is 8.51. The predicted molar refractivity (Wildman–Crippen MR) is 118 cm³/mol. The molecule has 11 heteroatoms. The molecule has 0 bridgehead atoms. The molecule has 0 spiro atoms. The zero-order chi connectivity index (χ0) is 21.5. The maximum atomic E-state index is 13.5. The summed E-state index contributed by atoms with van der Waals surface area (Å²) in [4.78, 5) is 6.50. The van der Waals surface area contributed by atoms with Crippen LogP contribution in [0.15, 0.2) is 51.1 Å². The summed E-state index contributed by atoms with van der Waals surface area (Å²) in [5.74, 6) is -1.32. The van der Waals surface area contributed by atoms with Crippen molar-refractivity contribution in [1.29, 1.82) is 0 Å². The highest BCUT2D eigenvalue weighted by Crippen LogP contribution is 2.31. The maximum Gasteiger partial charge on any atom is 0.244 e. The highest BCUT2D eigenvalue weighted by atomic mass is 79.9. The van der Waals surface area contributed by atoms with Crippen LogP contribution < -0.4 is 4.90 Å². The summed E-state index contributed by atoms with van der Waals surface area (Å²) in [6, 6.07) is 7.95. The Hall–Kier alpha value is -1.59. The molecule has 0 saturated carbocycles. The van der Waals surface area contributed by atoms with Gasteiger partial charge >= 0.3 is 0 Å². The quantitative estimate of drug-likeness (QED) is 0.472. The second-order valence-electron chi connectivity index (χ2n) is 6.64. The summed E-state index contributed by atoms with van der Waals surface area (Å²) < 4.78 is 54.9. The zero-order valence-electron chi connectivity index (χ0n) is 15.4. The summed E-state index contributed by atoms with van der Waals surface area (Å²) in [7, 11) is -3.71. The molecule has 158 valence electrons. The summed E-state index contributed by atoms with van der Waals surface area (Å²) in [5.41, 5.74) is 0.839. The number of hydrogen-bond acceptors (Lipinski definition) is 5. The molecule has 30 heavy (non-hydrogen) atoms. The van der Waals surface area contributed by atoms with Crippen molar-refractivity contribution in [1.82, 2.24) is 9.29 Å². The summed E-state index contributed by atoms with van der Waals surface area (Å²) >= 11 is 10.8. The van der Waals surface area contributed by atoms with Gasteiger partial charge in [-0.3, -0.25) is 0 Å². The molecule has 4 rings (SSSR count). The van der Waals surface area contributed by atoms with E-state index < -0.39 is 21.7 Å². The van der Waals surface area contributed by atoms with Crippen molar-refractivity contribution >= 4 is 54.0 Å². The van der Waals surface area contributed by atoms with Gasteiger partial charge in [0.1, 0.15) is 16.5 Å². The number of rotatable bonds is 4. The average Bonchev–Trinajstić information content (AvgIpc) is 3.17. The number of aromatic nitrogens is 1. The molecule has 0 amide bonds. The highest BCUT2D eigenvalue weighted by molar-refractivity contribution is 9.10. The Bertz CT molecular complexity index is 1180. The lowest BCUT2D eigenvalue weighted by atomic mass is 10.1. The predicted octanol–water partition coefficient (Wildman–Crippen LogP) is 5.02. The van der Waals surface area contributed by atoms with E-state index in [1.165, 1.54) is 33.8 Å². The largest absolute Gasteiger partial charge is 0.345 e. The Balaban J connectivity index is 1.48. The number of halogens is 4. The van der Waals surface area contributed by atoms with Gasteiger partial charge in [0.05, 0.1) is 10.7 Å². The third-order valence-electron chi connectivity index (χ3n) is 4.67. The molecule has 5 nitrogen and oxygen atoms in total. The van der Waals surface area contributed by atoms with E-state index in [0.717, 1.165) is 6.07 Å².